The summed E-state index contributed by atoms with van der Waals surface area (Å²) in [5.74, 6) is -1.53. The summed E-state index contributed by atoms with van der Waals surface area (Å²) in [5, 5.41) is 19.4. The molecule has 0 saturated carbocycles. The first-order valence-electron chi connectivity index (χ1n) is 4.74. The van der Waals surface area contributed by atoms with E-state index in [1.807, 2.05) is 6.92 Å². The standard InChI is InChI=1S/C9H17NO4/c1-2-3-4-5-8(12)10-7(6-11)9(13)14/h7,11H,2-6H2,1H3,(H,10,12)(H,13,14)/t7-/m0/s1. The number of carboxylic acids is 1. The SMILES string of the molecule is CCCCCC(=O)N[C@@H](CO)C(=O)O. The highest BCUT2D eigenvalue weighted by molar-refractivity contribution is 5.83. The molecule has 0 aromatic carbocycles. The van der Waals surface area contributed by atoms with Crippen LogP contribution in [-0.2, 0) is 9.59 Å². The molecule has 0 bridgehead atoms. The monoisotopic (exact) mass is 203 g/mol. The Morgan fingerprint density at radius 2 is 2.00 bits per heavy atom. The minimum absolute atomic E-state index is 0.317. The van der Waals surface area contributed by atoms with E-state index in [-0.39, 0.29) is 5.91 Å². The van der Waals surface area contributed by atoms with E-state index in [0.29, 0.717) is 6.42 Å². The lowest BCUT2D eigenvalue weighted by molar-refractivity contribution is -0.142. The number of nitrogens with one attached hydrogen (secondary N) is 1. The third-order valence-corrected chi connectivity index (χ3v) is 1.82. The van der Waals surface area contributed by atoms with E-state index in [1.165, 1.54) is 0 Å². The van der Waals surface area contributed by atoms with Gasteiger partial charge < -0.3 is 15.5 Å². The van der Waals surface area contributed by atoms with E-state index in [2.05, 4.69) is 5.32 Å². The molecule has 0 saturated heterocycles. The van der Waals surface area contributed by atoms with Gasteiger partial charge in [0.05, 0.1) is 6.61 Å². The van der Waals surface area contributed by atoms with Crippen molar-refractivity contribution in [3.63, 3.8) is 0 Å². The highest BCUT2D eigenvalue weighted by Gasteiger charge is 2.17. The largest absolute Gasteiger partial charge is 0.480 e. The number of carbonyl (C=O) groups excluding carboxylic acids is 1. The molecule has 0 heterocycles. The molecule has 0 fully saturated rings. The second kappa shape index (κ2) is 7.32. The molecule has 0 spiro atoms. The fourth-order valence-corrected chi connectivity index (χ4v) is 0.988. The zero-order chi connectivity index (χ0) is 11.0. The van der Waals surface area contributed by atoms with Crippen LogP contribution in [-0.4, -0.2) is 34.7 Å². The van der Waals surface area contributed by atoms with Crippen molar-refractivity contribution in [2.75, 3.05) is 6.61 Å². The van der Waals surface area contributed by atoms with Gasteiger partial charge >= 0.3 is 5.97 Å². The Morgan fingerprint density at radius 1 is 1.36 bits per heavy atom. The Hall–Kier alpha value is -1.10. The van der Waals surface area contributed by atoms with Crippen LogP contribution in [0, 0.1) is 0 Å². The quantitative estimate of drug-likeness (QED) is 0.513. The summed E-state index contributed by atoms with van der Waals surface area (Å²) in [5.41, 5.74) is 0. The summed E-state index contributed by atoms with van der Waals surface area (Å²) < 4.78 is 0. The Morgan fingerprint density at radius 3 is 2.43 bits per heavy atom. The van der Waals surface area contributed by atoms with Crippen molar-refractivity contribution in [2.24, 2.45) is 0 Å². The minimum Gasteiger partial charge on any atom is -0.480 e. The van der Waals surface area contributed by atoms with Crippen molar-refractivity contribution in [3.8, 4) is 0 Å². The third-order valence-electron chi connectivity index (χ3n) is 1.82. The summed E-state index contributed by atoms with van der Waals surface area (Å²) in [6.45, 7) is 1.44. The van der Waals surface area contributed by atoms with Crippen LogP contribution in [0.1, 0.15) is 32.6 Å². The second-order valence-electron chi connectivity index (χ2n) is 3.10. The molecule has 82 valence electrons. The zero-order valence-corrected chi connectivity index (χ0v) is 8.32. The molecule has 1 amide bonds. The lowest BCUT2D eigenvalue weighted by atomic mass is 10.2. The van der Waals surface area contributed by atoms with Crippen molar-refractivity contribution in [1.82, 2.24) is 5.32 Å². The number of aliphatic hydroxyl groups is 1. The summed E-state index contributed by atoms with van der Waals surface area (Å²) >= 11 is 0. The average Bonchev–Trinajstić information content (AvgIpc) is 2.14. The van der Waals surface area contributed by atoms with E-state index < -0.39 is 18.6 Å². The molecule has 0 aromatic heterocycles. The van der Waals surface area contributed by atoms with Crippen LogP contribution >= 0.6 is 0 Å². The maximum atomic E-state index is 11.1. The Balaban J connectivity index is 3.74. The zero-order valence-electron chi connectivity index (χ0n) is 8.32. The lowest BCUT2D eigenvalue weighted by Crippen LogP contribution is -2.43. The number of amides is 1. The molecule has 14 heavy (non-hydrogen) atoms. The van der Waals surface area contributed by atoms with Crippen LogP contribution in [0.25, 0.3) is 0 Å². The molecule has 1 atom stereocenters. The predicted octanol–water partition coefficient (Wildman–Crippen LogP) is 0.128. The maximum Gasteiger partial charge on any atom is 0.328 e. The van der Waals surface area contributed by atoms with E-state index >= 15 is 0 Å². The third kappa shape index (κ3) is 5.53. The summed E-state index contributed by atoms with van der Waals surface area (Å²) in [6.07, 6.45) is 3.03. The first-order chi connectivity index (χ1) is 6.61. The van der Waals surface area contributed by atoms with Crippen molar-refractivity contribution >= 4 is 11.9 Å². The van der Waals surface area contributed by atoms with Gasteiger partial charge in [-0.25, -0.2) is 4.79 Å². The van der Waals surface area contributed by atoms with Gasteiger partial charge in [-0.1, -0.05) is 19.8 Å². The average molecular weight is 203 g/mol. The van der Waals surface area contributed by atoms with Gasteiger partial charge in [0.2, 0.25) is 5.91 Å². The molecular formula is C9H17NO4. The molecule has 0 aromatic rings. The van der Waals surface area contributed by atoms with E-state index in [0.717, 1.165) is 19.3 Å². The van der Waals surface area contributed by atoms with Crippen LogP contribution < -0.4 is 5.32 Å². The topological polar surface area (TPSA) is 86.6 Å². The van der Waals surface area contributed by atoms with Gasteiger partial charge in [-0.3, -0.25) is 4.79 Å². The summed E-state index contributed by atoms with van der Waals surface area (Å²) in [6, 6.07) is -1.18. The Kier molecular flexibility index (Phi) is 6.74. The van der Waals surface area contributed by atoms with Gasteiger partial charge in [-0.15, -0.1) is 0 Å². The first kappa shape index (κ1) is 12.9. The molecule has 0 aliphatic heterocycles. The molecule has 5 heteroatoms. The number of hydrogen-bond acceptors (Lipinski definition) is 3. The number of hydrogen-bond donors (Lipinski definition) is 3. The second-order valence-corrected chi connectivity index (χ2v) is 3.10. The number of carboxylic acid groups (broad SMARTS) is 1. The van der Waals surface area contributed by atoms with Crippen molar-refractivity contribution in [2.45, 2.75) is 38.6 Å². The van der Waals surface area contributed by atoms with Gasteiger partial charge in [0.1, 0.15) is 6.04 Å². The summed E-state index contributed by atoms with van der Waals surface area (Å²) in [4.78, 5) is 21.5. The lowest BCUT2D eigenvalue weighted by Gasteiger charge is -2.10. The number of carbonyl (C=O) groups is 2. The van der Waals surface area contributed by atoms with Crippen LogP contribution in [0.5, 0.6) is 0 Å². The van der Waals surface area contributed by atoms with Crippen LogP contribution in [0.2, 0.25) is 0 Å². The number of aliphatic carboxylic acids is 1. The minimum atomic E-state index is -1.21. The Labute approximate surface area is 83.1 Å². The van der Waals surface area contributed by atoms with E-state index in [1.54, 1.807) is 0 Å². The molecule has 0 unspecified atom stereocenters. The van der Waals surface area contributed by atoms with Crippen LogP contribution in [0.4, 0.5) is 0 Å². The molecule has 5 nitrogen and oxygen atoms in total. The van der Waals surface area contributed by atoms with E-state index in [4.69, 9.17) is 10.2 Å². The number of aliphatic hydroxyl groups excluding tert-OH is 1. The molecule has 0 rings (SSSR count). The molecule has 0 radical (unpaired) electrons. The van der Waals surface area contributed by atoms with Crippen molar-refractivity contribution in [3.05, 3.63) is 0 Å². The highest BCUT2D eigenvalue weighted by atomic mass is 16.4. The highest BCUT2D eigenvalue weighted by Crippen LogP contribution is 1.98. The van der Waals surface area contributed by atoms with Crippen molar-refractivity contribution in [1.29, 1.82) is 0 Å². The smallest absolute Gasteiger partial charge is 0.328 e. The predicted molar refractivity (Wildman–Crippen MR) is 50.8 cm³/mol. The fraction of sp³-hybridized carbons (Fsp3) is 0.778. The molecule has 3 N–H and O–H groups in total. The van der Waals surface area contributed by atoms with Gasteiger partial charge in [0, 0.05) is 6.42 Å². The van der Waals surface area contributed by atoms with Gasteiger partial charge in [0.15, 0.2) is 0 Å². The molecule has 0 aliphatic carbocycles. The first-order valence-corrected chi connectivity index (χ1v) is 4.74. The maximum absolute atomic E-state index is 11.1. The van der Waals surface area contributed by atoms with E-state index in [9.17, 15) is 9.59 Å². The fourth-order valence-electron chi connectivity index (χ4n) is 0.988. The van der Waals surface area contributed by atoms with Crippen LogP contribution in [0.15, 0.2) is 0 Å². The Bertz CT molecular complexity index is 193. The number of rotatable bonds is 7. The van der Waals surface area contributed by atoms with Gasteiger partial charge in [-0.2, -0.15) is 0 Å². The molecular weight excluding hydrogens is 186 g/mol. The van der Waals surface area contributed by atoms with Gasteiger partial charge in [-0.05, 0) is 6.42 Å². The van der Waals surface area contributed by atoms with Crippen molar-refractivity contribution < 1.29 is 19.8 Å². The van der Waals surface area contributed by atoms with Gasteiger partial charge in [0.25, 0.3) is 0 Å². The molecule has 0 aliphatic rings. The van der Waals surface area contributed by atoms with Crippen LogP contribution in [0.3, 0.4) is 0 Å². The number of unbranched alkanes of at least 4 members (excludes halogenated alkanes) is 2. The normalized spacial score (nSPS) is 12.1. The summed E-state index contributed by atoms with van der Waals surface area (Å²) in [7, 11) is 0.